The maximum atomic E-state index is 10.7. The Labute approximate surface area is 81.1 Å². The Hall–Kier alpha value is 0.570. The van der Waals surface area contributed by atoms with Crippen molar-refractivity contribution in [2.75, 3.05) is 0 Å². The van der Waals surface area contributed by atoms with E-state index in [9.17, 15) is 13.2 Å². The zero-order valence-electron chi connectivity index (χ0n) is 5.02. The van der Waals surface area contributed by atoms with Crippen molar-refractivity contribution in [3.05, 3.63) is 0 Å². The summed E-state index contributed by atoms with van der Waals surface area (Å²) in [6.45, 7) is 0. The van der Waals surface area contributed by atoms with Crippen molar-refractivity contribution in [3.8, 4) is 0 Å². The first-order valence-corrected chi connectivity index (χ1v) is 4.69. The molecule has 0 amide bonds. The van der Waals surface area contributed by atoms with Crippen LogP contribution in [0.1, 0.15) is 0 Å². The Bertz CT molecular complexity index is 207. The largest absolute Gasteiger partial charge is 0.522 e. The van der Waals surface area contributed by atoms with Crippen LogP contribution in [0.4, 0.5) is 13.2 Å². The number of hydrogen-bond acceptors (Lipinski definition) is 2. The minimum absolute atomic E-state index is 0.750. The second-order valence-electron chi connectivity index (χ2n) is 1.17. The molecule has 0 aromatic carbocycles. The highest BCUT2D eigenvalue weighted by atomic mass is 35.6. The Kier molecular flexibility index (Phi) is 6.69. The van der Waals surface area contributed by atoms with Crippen molar-refractivity contribution >= 4 is 44.9 Å². The van der Waals surface area contributed by atoms with Crippen LogP contribution in [0.15, 0.2) is 0 Å². The van der Waals surface area contributed by atoms with Crippen LogP contribution in [0.3, 0.4) is 0 Å². The number of alkyl halides is 6. The fourth-order valence-corrected chi connectivity index (χ4v) is 0. The molecule has 0 saturated heterocycles. The van der Waals surface area contributed by atoms with Gasteiger partial charge in [0.1, 0.15) is 0 Å². The van der Waals surface area contributed by atoms with Gasteiger partial charge in [-0.3, -0.25) is 4.55 Å². The molecule has 0 aromatic rings. The summed E-state index contributed by atoms with van der Waals surface area (Å²) in [7, 11) is -5.84. The van der Waals surface area contributed by atoms with Crippen LogP contribution < -0.4 is 0 Å². The van der Waals surface area contributed by atoms with Crippen molar-refractivity contribution in [2.24, 2.45) is 0 Å². The number of rotatable bonds is 0. The van der Waals surface area contributed by atoms with Crippen molar-refractivity contribution in [1.82, 2.24) is 0 Å². The van der Waals surface area contributed by atoms with Gasteiger partial charge in [-0.25, -0.2) is 0 Å². The monoisotopic (exact) mass is 268 g/mol. The average Bonchev–Trinajstić information content (AvgIpc) is 1.55. The highest BCUT2D eigenvalue weighted by molar-refractivity contribution is 7.86. The molecule has 0 aromatic heterocycles. The number of hydrogen-bond donors (Lipinski definition) is 1. The summed E-state index contributed by atoms with van der Waals surface area (Å²) in [4.78, 5) is 0. The van der Waals surface area contributed by atoms with Crippen LogP contribution >= 0.6 is 34.8 Å². The highest BCUT2D eigenvalue weighted by Crippen LogP contribution is 2.20. The number of halogens is 6. The lowest BCUT2D eigenvalue weighted by molar-refractivity contribution is -0.0510. The van der Waals surface area contributed by atoms with E-state index in [0.29, 0.717) is 0 Å². The van der Waals surface area contributed by atoms with E-state index in [-0.39, 0.29) is 0 Å². The van der Waals surface area contributed by atoms with Gasteiger partial charge in [-0.15, -0.1) is 0 Å². The molecular weight excluding hydrogens is 267 g/mol. The van der Waals surface area contributed by atoms with E-state index in [1.807, 2.05) is 0 Å². The lowest BCUT2D eigenvalue weighted by atomic mass is 11.6. The molecule has 0 aliphatic heterocycles. The second kappa shape index (κ2) is 5.33. The molecule has 0 aliphatic rings. The summed E-state index contributed by atoms with van der Waals surface area (Å²) in [5.41, 5.74) is -5.53. The van der Waals surface area contributed by atoms with E-state index in [1.165, 1.54) is 0 Å². The van der Waals surface area contributed by atoms with Gasteiger partial charge in [0, 0.05) is 0 Å². The molecule has 0 bridgehead atoms. The molecule has 0 atom stereocenters. The summed E-state index contributed by atoms with van der Waals surface area (Å²) in [5.74, 6) is 0. The van der Waals surface area contributed by atoms with Crippen LogP contribution in [0.25, 0.3) is 0 Å². The van der Waals surface area contributed by atoms with Crippen LogP contribution in [-0.4, -0.2) is 22.8 Å². The molecule has 0 unspecified atom stereocenters. The molecule has 10 heteroatoms. The summed E-state index contributed by atoms with van der Waals surface area (Å²) in [6, 6.07) is 0. The van der Waals surface area contributed by atoms with E-state index < -0.39 is 19.9 Å². The molecule has 1 N–H and O–H groups in total. The predicted octanol–water partition coefficient (Wildman–Crippen LogP) is 2.38. The Morgan fingerprint density at radius 1 is 1.17 bits per heavy atom. The van der Waals surface area contributed by atoms with E-state index in [2.05, 4.69) is 0 Å². The third-order valence-electron chi connectivity index (χ3n) is 0.292. The molecule has 0 radical (unpaired) electrons. The molecular formula is C2H2Cl3F3O3S. The smallest absolute Gasteiger partial charge is 0.279 e. The molecule has 76 valence electrons. The van der Waals surface area contributed by atoms with Gasteiger partial charge < -0.3 is 0 Å². The molecule has 0 aliphatic carbocycles. The Morgan fingerprint density at radius 2 is 1.25 bits per heavy atom. The van der Waals surface area contributed by atoms with Gasteiger partial charge in [0.25, 0.3) is 0 Å². The fraction of sp³-hybridized carbons (Fsp3) is 1.00. The highest BCUT2D eigenvalue weighted by Gasteiger charge is 2.44. The van der Waals surface area contributed by atoms with Crippen molar-refractivity contribution < 1.29 is 26.1 Å². The third-order valence-corrected chi connectivity index (χ3v) is 0.877. The molecule has 0 saturated carbocycles. The minimum Gasteiger partial charge on any atom is -0.279 e. The predicted molar refractivity (Wildman–Crippen MR) is 39.0 cm³/mol. The standard InChI is InChI=1S/CHCl3.CHF3O3S/c2-1(3)4;2-1(3,4)8(5,6)7/h1H;(H,5,6,7). The van der Waals surface area contributed by atoms with E-state index in [1.54, 1.807) is 0 Å². The summed E-state index contributed by atoms with van der Waals surface area (Å²) in [5, 5.41) is 0. The first-order chi connectivity index (χ1) is 4.98. The van der Waals surface area contributed by atoms with Crippen LogP contribution in [0, 0.1) is 0 Å². The topological polar surface area (TPSA) is 54.4 Å². The quantitative estimate of drug-likeness (QED) is 0.417. The summed E-state index contributed by atoms with van der Waals surface area (Å²) < 4.78 is 56.8. The van der Waals surface area contributed by atoms with Gasteiger partial charge in [-0.1, -0.05) is 34.8 Å². The Balaban J connectivity index is 0. The van der Waals surface area contributed by atoms with Gasteiger partial charge in [0.2, 0.25) is 0 Å². The van der Waals surface area contributed by atoms with Crippen molar-refractivity contribution in [3.63, 3.8) is 0 Å². The zero-order valence-corrected chi connectivity index (χ0v) is 8.10. The lowest BCUT2D eigenvalue weighted by Crippen LogP contribution is -2.21. The van der Waals surface area contributed by atoms with Gasteiger partial charge >= 0.3 is 15.6 Å². The van der Waals surface area contributed by atoms with Crippen LogP contribution in [0.5, 0.6) is 0 Å². The molecule has 3 nitrogen and oxygen atoms in total. The summed E-state index contributed by atoms with van der Waals surface area (Å²) >= 11 is 14.4. The molecule has 0 rings (SSSR count). The fourth-order valence-electron chi connectivity index (χ4n) is 0. The average molecular weight is 269 g/mol. The Morgan fingerprint density at radius 3 is 1.25 bits per heavy atom. The maximum Gasteiger partial charge on any atom is 0.522 e. The third kappa shape index (κ3) is 10.6. The van der Waals surface area contributed by atoms with Crippen molar-refractivity contribution in [2.45, 2.75) is 9.80 Å². The molecule has 0 heterocycles. The maximum absolute atomic E-state index is 10.7. The second-order valence-corrected chi connectivity index (χ2v) is 4.56. The van der Waals surface area contributed by atoms with Crippen molar-refractivity contribution in [1.29, 1.82) is 0 Å². The van der Waals surface area contributed by atoms with E-state index in [4.69, 9.17) is 47.8 Å². The zero-order chi connectivity index (χ0) is 10.6. The van der Waals surface area contributed by atoms with E-state index in [0.717, 1.165) is 0 Å². The van der Waals surface area contributed by atoms with Crippen LogP contribution in [0.2, 0.25) is 0 Å². The first-order valence-electron chi connectivity index (χ1n) is 1.94. The van der Waals surface area contributed by atoms with Gasteiger partial charge in [0.05, 0.1) is 0 Å². The first kappa shape index (κ1) is 15.1. The molecule has 12 heavy (non-hydrogen) atoms. The lowest BCUT2D eigenvalue weighted by Gasteiger charge is -1.97. The van der Waals surface area contributed by atoms with Gasteiger partial charge in [-0.05, 0) is 0 Å². The normalized spacial score (nSPS) is 12.3. The summed E-state index contributed by atoms with van der Waals surface area (Å²) in [6.07, 6.45) is 0. The van der Waals surface area contributed by atoms with Gasteiger partial charge in [0.15, 0.2) is 4.30 Å². The minimum atomic E-state index is -5.84. The van der Waals surface area contributed by atoms with Crippen LogP contribution in [-0.2, 0) is 10.1 Å². The van der Waals surface area contributed by atoms with E-state index >= 15 is 0 Å². The SMILES string of the molecule is ClC(Cl)Cl.O=S(=O)(O)C(F)(F)F. The molecule has 0 fully saturated rings. The molecule has 0 spiro atoms. The van der Waals surface area contributed by atoms with Gasteiger partial charge in [-0.2, -0.15) is 21.6 Å².